The van der Waals surface area contributed by atoms with E-state index in [-0.39, 0.29) is 6.42 Å². The quantitative estimate of drug-likeness (QED) is 0.639. The molecule has 1 rings (SSSR count). The van der Waals surface area contributed by atoms with Gasteiger partial charge in [0.1, 0.15) is 0 Å². The fraction of sp³-hybridized carbons (Fsp3) is 0.533. The number of hydrogen-bond acceptors (Lipinski definition) is 3. The average molecular weight is 266 g/mol. The van der Waals surface area contributed by atoms with E-state index in [1.165, 1.54) is 5.56 Å². The third kappa shape index (κ3) is 8.35. The van der Waals surface area contributed by atoms with Crippen molar-refractivity contribution < 1.29 is 19.7 Å². The molecule has 0 radical (unpaired) electrons. The highest BCUT2D eigenvalue weighted by molar-refractivity contribution is 5.67. The van der Waals surface area contributed by atoms with Gasteiger partial charge in [0.15, 0.2) is 0 Å². The Hall–Kier alpha value is -1.39. The molecule has 1 unspecified atom stereocenters. The van der Waals surface area contributed by atoms with E-state index in [2.05, 4.69) is 0 Å². The van der Waals surface area contributed by atoms with Crippen LogP contribution in [0.4, 0.5) is 0 Å². The summed E-state index contributed by atoms with van der Waals surface area (Å²) in [6.07, 6.45) is 2.39. The van der Waals surface area contributed by atoms with E-state index in [4.69, 9.17) is 9.84 Å². The van der Waals surface area contributed by atoms with Gasteiger partial charge in [-0.2, -0.15) is 0 Å². The molecule has 0 saturated heterocycles. The van der Waals surface area contributed by atoms with Gasteiger partial charge in [-0.15, -0.1) is 0 Å². The molecule has 19 heavy (non-hydrogen) atoms. The zero-order valence-corrected chi connectivity index (χ0v) is 11.1. The zero-order valence-electron chi connectivity index (χ0n) is 11.1. The zero-order chi connectivity index (χ0) is 13.9. The van der Waals surface area contributed by atoms with Crippen LogP contribution in [0.3, 0.4) is 0 Å². The Morgan fingerprint density at radius 3 is 2.58 bits per heavy atom. The highest BCUT2D eigenvalue weighted by Crippen LogP contribution is 2.07. The number of carboxylic acids is 1. The van der Waals surface area contributed by atoms with Gasteiger partial charge < -0.3 is 14.9 Å². The normalized spacial score (nSPS) is 12.3. The van der Waals surface area contributed by atoms with Gasteiger partial charge in [-0.05, 0) is 18.4 Å². The smallest absolute Gasteiger partial charge is 0.305 e. The molecular formula is C15H22O4. The van der Waals surface area contributed by atoms with E-state index in [1.54, 1.807) is 0 Å². The summed E-state index contributed by atoms with van der Waals surface area (Å²) in [7, 11) is 0. The summed E-state index contributed by atoms with van der Waals surface area (Å²) in [5, 5.41) is 17.8. The first-order chi connectivity index (χ1) is 9.18. The fourth-order valence-corrected chi connectivity index (χ4v) is 1.83. The van der Waals surface area contributed by atoms with Gasteiger partial charge in [-0.1, -0.05) is 43.2 Å². The molecule has 0 spiro atoms. The van der Waals surface area contributed by atoms with Crippen molar-refractivity contribution >= 4 is 5.97 Å². The fourth-order valence-electron chi connectivity index (χ4n) is 1.83. The molecule has 2 N–H and O–H groups in total. The molecule has 0 heterocycles. The van der Waals surface area contributed by atoms with Crippen molar-refractivity contribution in [3.8, 4) is 0 Å². The molecule has 4 heteroatoms. The number of aliphatic hydroxyl groups excluding tert-OH is 1. The van der Waals surface area contributed by atoms with Gasteiger partial charge in [-0.3, -0.25) is 4.79 Å². The molecule has 0 amide bonds. The number of benzene rings is 1. The van der Waals surface area contributed by atoms with Crippen LogP contribution >= 0.6 is 0 Å². The van der Waals surface area contributed by atoms with Crippen molar-refractivity contribution in [2.75, 3.05) is 6.61 Å². The molecule has 4 nitrogen and oxygen atoms in total. The maximum atomic E-state index is 10.3. The Labute approximate surface area is 114 Å². The predicted octanol–water partition coefficient (Wildman–Crippen LogP) is 2.60. The number of rotatable bonds is 10. The SMILES string of the molecule is O=C(O)CC(O)CCCCCOCc1ccccc1. The van der Waals surface area contributed by atoms with Crippen LogP contribution in [0, 0.1) is 0 Å². The summed E-state index contributed by atoms with van der Waals surface area (Å²) in [4.78, 5) is 10.3. The monoisotopic (exact) mass is 266 g/mol. The van der Waals surface area contributed by atoms with Crippen LogP contribution in [0.2, 0.25) is 0 Å². The summed E-state index contributed by atoms with van der Waals surface area (Å²) < 4.78 is 5.53. The van der Waals surface area contributed by atoms with Crippen molar-refractivity contribution in [3.05, 3.63) is 35.9 Å². The van der Waals surface area contributed by atoms with Gasteiger partial charge in [0.25, 0.3) is 0 Å². The number of aliphatic hydroxyl groups is 1. The van der Waals surface area contributed by atoms with Crippen molar-refractivity contribution in [2.45, 2.75) is 44.8 Å². The van der Waals surface area contributed by atoms with Crippen LogP contribution < -0.4 is 0 Å². The van der Waals surface area contributed by atoms with E-state index in [1.807, 2.05) is 30.3 Å². The standard InChI is InChI=1S/C15H22O4/c16-14(11-15(17)18)9-5-2-6-10-19-12-13-7-3-1-4-8-13/h1,3-4,7-8,14,16H,2,5-6,9-12H2,(H,17,18). The molecule has 1 aromatic carbocycles. The third-order valence-electron chi connectivity index (χ3n) is 2.85. The Bertz CT molecular complexity index is 350. The summed E-state index contributed by atoms with van der Waals surface area (Å²) in [5.74, 6) is -0.946. The molecule has 0 aliphatic carbocycles. The summed E-state index contributed by atoms with van der Waals surface area (Å²) in [6.45, 7) is 1.33. The lowest BCUT2D eigenvalue weighted by Crippen LogP contribution is -2.12. The molecule has 106 valence electrons. The lowest BCUT2D eigenvalue weighted by Gasteiger charge is -2.07. The van der Waals surface area contributed by atoms with Gasteiger partial charge in [-0.25, -0.2) is 0 Å². The molecule has 0 bridgehead atoms. The first-order valence-corrected chi connectivity index (χ1v) is 6.70. The number of hydrogen-bond donors (Lipinski definition) is 2. The topological polar surface area (TPSA) is 66.8 Å². The van der Waals surface area contributed by atoms with E-state index in [9.17, 15) is 9.90 Å². The first-order valence-electron chi connectivity index (χ1n) is 6.70. The largest absolute Gasteiger partial charge is 0.481 e. The van der Waals surface area contributed by atoms with Crippen LogP contribution in [0.1, 0.15) is 37.7 Å². The van der Waals surface area contributed by atoms with E-state index in [0.717, 1.165) is 19.3 Å². The van der Waals surface area contributed by atoms with Crippen LogP contribution in [0.15, 0.2) is 30.3 Å². The predicted molar refractivity (Wildman–Crippen MR) is 72.8 cm³/mol. The molecular weight excluding hydrogens is 244 g/mol. The van der Waals surface area contributed by atoms with Gasteiger partial charge in [0.2, 0.25) is 0 Å². The van der Waals surface area contributed by atoms with Crippen LogP contribution in [0.25, 0.3) is 0 Å². The van der Waals surface area contributed by atoms with Crippen molar-refractivity contribution in [1.82, 2.24) is 0 Å². The maximum Gasteiger partial charge on any atom is 0.305 e. The van der Waals surface area contributed by atoms with Crippen LogP contribution in [-0.4, -0.2) is 28.9 Å². The maximum absolute atomic E-state index is 10.3. The minimum atomic E-state index is -0.946. The minimum absolute atomic E-state index is 0.162. The Kier molecular flexibility index (Phi) is 7.86. The highest BCUT2D eigenvalue weighted by Gasteiger charge is 2.08. The van der Waals surface area contributed by atoms with Crippen molar-refractivity contribution in [3.63, 3.8) is 0 Å². The number of unbranched alkanes of at least 4 members (excludes halogenated alkanes) is 2. The second-order valence-electron chi connectivity index (χ2n) is 4.64. The van der Waals surface area contributed by atoms with Gasteiger partial charge in [0.05, 0.1) is 19.1 Å². The molecule has 0 aromatic heterocycles. The first kappa shape index (κ1) is 15.7. The lowest BCUT2D eigenvalue weighted by atomic mass is 10.1. The summed E-state index contributed by atoms with van der Waals surface area (Å²) in [6, 6.07) is 10.0. The van der Waals surface area contributed by atoms with E-state index >= 15 is 0 Å². The van der Waals surface area contributed by atoms with Crippen molar-refractivity contribution in [2.24, 2.45) is 0 Å². The summed E-state index contributed by atoms with van der Waals surface area (Å²) >= 11 is 0. The second-order valence-corrected chi connectivity index (χ2v) is 4.64. The van der Waals surface area contributed by atoms with E-state index in [0.29, 0.717) is 19.6 Å². The Morgan fingerprint density at radius 2 is 1.89 bits per heavy atom. The number of carboxylic acid groups (broad SMARTS) is 1. The second kappa shape index (κ2) is 9.53. The van der Waals surface area contributed by atoms with E-state index < -0.39 is 12.1 Å². The molecule has 0 fully saturated rings. The van der Waals surface area contributed by atoms with Crippen molar-refractivity contribution in [1.29, 1.82) is 0 Å². The average Bonchev–Trinajstić information content (AvgIpc) is 2.38. The Balaban J connectivity index is 1.93. The minimum Gasteiger partial charge on any atom is -0.481 e. The molecule has 0 saturated carbocycles. The third-order valence-corrected chi connectivity index (χ3v) is 2.85. The molecule has 1 atom stereocenters. The molecule has 0 aliphatic heterocycles. The number of ether oxygens (including phenoxy) is 1. The highest BCUT2D eigenvalue weighted by atomic mass is 16.5. The number of carbonyl (C=O) groups is 1. The van der Waals surface area contributed by atoms with Crippen LogP contribution in [0.5, 0.6) is 0 Å². The van der Waals surface area contributed by atoms with Crippen LogP contribution in [-0.2, 0) is 16.1 Å². The van der Waals surface area contributed by atoms with Gasteiger partial charge >= 0.3 is 5.97 Å². The lowest BCUT2D eigenvalue weighted by molar-refractivity contribution is -0.139. The Morgan fingerprint density at radius 1 is 1.16 bits per heavy atom. The molecule has 0 aliphatic rings. The number of aliphatic carboxylic acids is 1. The molecule has 1 aromatic rings. The van der Waals surface area contributed by atoms with Gasteiger partial charge in [0, 0.05) is 6.61 Å². The summed E-state index contributed by atoms with van der Waals surface area (Å²) in [5.41, 5.74) is 1.17.